The van der Waals surface area contributed by atoms with E-state index in [4.69, 9.17) is 16.0 Å². The number of carbonyl (C=O) groups is 1. The van der Waals surface area contributed by atoms with Crippen molar-refractivity contribution in [1.29, 1.82) is 0 Å². The molecule has 192 valence electrons. The number of rotatable bonds is 4. The molecule has 3 aromatic carbocycles. The van der Waals surface area contributed by atoms with Gasteiger partial charge in [0.1, 0.15) is 0 Å². The molecular weight excluding hydrogens is 525 g/mol. The summed E-state index contributed by atoms with van der Waals surface area (Å²) >= 11 is 6.06. The lowest BCUT2D eigenvalue weighted by Crippen LogP contribution is -2.44. The summed E-state index contributed by atoms with van der Waals surface area (Å²) in [5.41, 5.74) is -0.626. The van der Waals surface area contributed by atoms with Crippen LogP contribution in [-0.2, 0) is 7.05 Å². The Balaban J connectivity index is 1.59. The Kier molecular flexibility index (Phi) is 5.81. The van der Waals surface area contributed by atoms with Gasteiger partial charge in [-0.25, -0.2) is 9.36 Å². The molecule has 6 aromatic rings. The Bertz CT molecular complexity index is 2010. The van der Waals surface area contributed by atoms with Crippen molar-refractivity contribution in [2.24, 2.45) is 7.05 Å². The third kappa shape index (κ3) is 4.26. The summed E-state index contributed by atoms with van der Waals surface area (Å²) in [6.07, 6.45) is 2.53. The molecule has 0 N–H and O–H groups in total. The summed E-state index contributed by atoms with van der Waals surface area (Å²) in [5.74, 6) is -2.18. The largest absolute Gasteiger partial charge is 0.434 e. The smallest absolute Gasteiger partial charge is 0.344 e. The van der Waals surface area contributed by atoms with E-state index in [2.05, 4.69) is 10.1 Å². The average molecular weight is 542 g/mol. The standard InChI is InChI=1S/C28H17ClFN5O4/c1-33-14-19-13-18(9-12-22(19)32-33)25-31-24(23(39-25)16-7-10-20(29)11-8-16)34-15-21(30)27(37)35(28(34)38)26(36)17-5-3-2-4-6-17/h2-15H,1H3. The minimum Gasteiger partial charge on any atom is -0.434 e. The van der Waals surface area contributed by atoms with Crippen LogP contribution in [0.5, 0.6) is 0 Å². The molecule has 0 saturated carbocycles. The molecule has 0 fully saturated rings. The van der Waals surface area contributed by atoms with Crippen LogP contribution in [0.1, 0.15) is 10.4 Å². The molecule has 0 spiro atoms. The molecule has 0 aliphatic rings. The van der Waals surface area contributed by atoms with Crippen molar-refractivity contribution in [2.45, 2.75) is 0 Å². The minimum absolute atomic E-state index is 0.0392. The van der Waals surface area contributed by atoms with Gasteiger partial charge in [0.2, 0.25) is 11.7 Å². The molecular formula is C28H17ClFN5O4. The Hall–Kier alpha value is -5.09. The predicted molar refractivity (Wildman–Crippen MR) is 143 cm³/mol. The maximum atomic E-state index is 14.9. The number of hydrogen-bond acceptors (Lipinski definition) is 6. The highest BCUT2D eigenvalue weighted by molar-refractivity contribution is 6.30. The second-order valence-corrected chi connectivity index (χ2v) is 9.13. The first-order valence-electron chi connectivity index (χ1n) is 11.6. The fraction of sp³-hybridized carbons (Fsp3) is 0.0357. The number of hydrogen-bond donors (Lipinski definition) is 0. The van der Waals surface area contributed by atoms with Crippen molar-refractivity contribution < 1.29 is 13.6 Å². The molecule has 6 rings (SSSR count). The van der Waals surface area contributed by atoms with Crippen LogP contribution in [0.4, 0.5) is 4.39 Å². The molecule has 0 saturated heterocycles. The zero-order valence-electron chi connectivity index (χ0n) is 20.2. The lowest BCUT2D eigenvalue weighted by Gasteiger charge is -2.09. The van der Waals surface area contributed by atoms with E-state index >= 15 is 0 Å². The maximum absolute atomic E-state index is 14.9. The summed E-state index contributed by atoms with van der Waals surface area (Å²) < 4.78 is 23.8. The fourth-order valence-electron chi connectivity index (χ4n) is 4.24. The Morgan fingerprint density at radius 3 is 2.41 bits per heavy atom. The van der Waals surface area contributed by atoms with E-state index in [1.54, 1.807) is 66.3 Å². The molecule has 0 aliphatic heterocycles. The van der Waals surface area contributed by atoms with Crippen LogP contribution >= 0.6 is 11.6 Å². The van der Waals surface area contributed by atoms with Crippen LogP contribution < -0.4 is 11.2 Å². The van der Waals surface area contributed by atoms with Gasteiger partial charge in [0, 0.05) is 40.3 Å². The number of carbonyl (C=O) groups excluding carboxylic acids is 1. The van der Waals surface area contributed by atoms with Crippen LogP contribution in [-0.4, -0.2) is 29.8 Å². The van der Waals surface area contributed by atoms with Gasteiger partial charge in [-0.1, -0.05) is 29.8 Å². The van der Waals surface area contributed by atoms with Crippen LogP contribution in [0.2, 0.25) is 5.02 Å². The van der Waals surface area contributed by atoms with Gasteiger partial charge < -0.3 is 4.42 Å². The number of benzene rings is 3. The second kappa shape index (κ2) is 9.34. The molecule has 0 unspecified atom stereocenters. The Morgan fingerprint density at radius 2 is 1.67 bits per heavy atom. The number of fused-ring (bicyclic) bond motifs is 1. The minimum atomic E-state index is -1.37. The van der Waals surface area contributed by atoms with Gasteiger partial charge in [0.15, 0.2) is 11.6 Å². The van der Waals surface area contributed by atoms with Gasteiger partial charge >= 0.3 is 5.69 Å². The topological polar surface area (TPSA) is 105 Å². The summed E-state index contributed by atoms with van der Waals surface area (Å²) in [6.45, 7) is 0. The molecule has 11 heteroatoms. The van der Waals surface area contributed by atoms with Gasteiger partial charge in [-0.3, -0.25) is 14.3 Å². The fourth-order valence-corrected chi connectivity index (χ4v) is 4.36. The van der Waals surface area contributed by atoms with Crippen LogP contribution in [0.15, 0.2) is 99.2 Å². The van der Waals surface area contributed by atoms with Crippen molar-refractivity contribution in [2.75, 3.05) is 0 Å². The first-order chi connectivity index (χ1) is 18.8. The van der Waals surface area contributed by atoms with Gasteiger partial charge in [-0.15, -0.1) is 0 Å². The third-order valence-electron chi connectivity index (χ3n) is 6.08. The summed E-state index contributed by atoms with van der Waals surface area (Å²) in [5, 5.41) is 5.65. The van der Waals surface area contributed by atoms with Crippen LogP contribution in [0.25, 0.3) is 39.5 Å². The summed E-state index contributed by atoms with van der Waals surface area (Å²) in [4.78, 5) is 43.8. The first-order valence-corrected chi connectivity index (χ1v) is 12.0. The van der Waals surface area contributed by atoms with Gasteiger partial charge in [0.05, 0.1) is 11.7 Å². The lowest BCUT2D eigenvalue weighted by atomic mass is 10.1. The van der Waals surface area contributed by atoms with E-state index in [0.29, 0.717) is 22.3 Å². The van der Waals surface area contributed by atoms with E-state index in [0.717, 1.165) is 15.5 Å². The zero-order valence-corrected chi connectivity index (χ0v) is 21.0. The number of nitrogens with zero attached hydrogens (tertiary/aromatic N) is 5. The van der Waals surface area contributed by atoms with E-state index in [9.17, 15) is 18.8 Å². The quantitative estimate of drug-likeness (QED) is 0.321. The van der Waals surface area contributed by atoms with Crippen molar-refractivity contribution in [3.63, 3.8) is 0 Å². The van der Waals surface area contributed by atoms with E-state index in [1.165, 1.54) is 12.1 Å². The van der Waals surface area contributed by atoms with E-state index in [-0.39, 0.29) is 27.6 Å². The molecule has 39 heavy (non-hydrogen) atoms. The van der Waals surface area contributed by atoms with Crippen LogP contribution in [0.3, 0.4) is 0 Å². The zero-order chi connectivity index (χ0) is 27.3. The highest BCUT2D eigenvalue weighted by Gasteiger charge is 2.25. The molecule has 0 radical (unpaired) electrons. The van der Waals surface area contributed by atoms with Gasteiger partial charge in [0.25, 0.3) is 11.5 Å². The number of aromatic nitrogens is 5. The number of aryl methyl sites for hydroxylation is 1. The van der Waals surface area contributed by atoms with E-state index < -0.39 is 23.0 Å². The average Bonchev–Trinajstić information content (AvgIpc) is 3.54. The third-order valence-corrected chi connectivity index (χ3v) is 6.33. The van der Waals surface area contributed by atoms with Gasteiger partial charge in [-0.2, -0.15) is 19.0 Å². The lowest BCUT2D eigenvalue weighted by molar-refractivity contribution is 0.0947. The molecule has 3 heterocycles. The molecule has 0 amide bonds. The van der Waals surface area contributed by atoms with Crippen molar-refractivity contribution in [1.82, 2.24) is 23.9 Å². The Morgan fingerprint density at radius 1 is 0.949 bits per heavy atom. The second-order valence-electron chi connectivity index (χ2n) is 8.70. The van der Waals surface area contributed by atoms with Crippen molar-refractivity contribution in [3.05, 3.63) is 122 Å². The summed E-state index contributed by atoms with van der Waals surface area (Å²) in [7, 11) is 1.80. The van der Waals surface area contributed by atoms with Crippen molar-refractivity contribution in [3.8, 4) is 28.6 Å². The number of oxazole rings is 1. The first kappa shape index (κ1) is 24.3. The van der Waals surface area contributed by atoms with Crippen LogP contribution in [0, 0.1) is 5.82 Å². The van der Waals surface area contributed by atoms with E-state index in [1.807, 2.05) is 12.3 Å². The molecule has 0 bridgehead atoms. The SMILES string of the molecule is Cn1cc2cc(-c3nc(-n4cc(F)c(=O)n(C(=O)c5ccccc5)c4=O)c(-c4ccc(Cl)cc4)o3)ccc2n1. The highest BCUT2D eigenvalue weighted by Crippen LogP contribution is 2.33. The van der Waals surface area contributed by atoms with Gasteiger partial charge in [-0.05, 0) is 54.6 Å². The molecule has 0 aliphatic carbocycles. The summed E-state index contributed by atoms with van der Waals surface area (Å²) in [6, 6.07) is 19.5. The molecule has 0 atom stereocenters. The predicted octanol–water partition coefficient (Wildman–Crippen LogP) is 4.69. The number of halogens is 2. The maximum Gasteiger partial charge on any atom is 0.344 e. The van der Waals surface area contributed by atoms with Crippen molar-refractivity contribution >= 4 is 28.4 Å². The highest BCUT2D eigenvalue weighted by atomic mass is 35.5. The monoisotopic (exact) mass is 541 g/mol. The normalized spacial score (nSPS) is 11.3. The molecule has 9 nitrogen and oxygen atoms in total. The molecule has 3 aromatic heterocycles. The Labute approximate surface area is 224 Å².